The predicted molar refractivity (Wildman–Crippen MR) is 70.5 cm³/mol. The molecule has 0 bridgehead atoms. The van der Waals surface area contributed by atoms with Crippen molar-refractivity contribution in [2.24, 2.45) is 0 Å². The molecule has 2 N–H and O–H groups in total. The van der Waals surface area contributed by atoms with Crippen LogP contribution in [0.1, 0.15) is 24.4 Å². The van der Waals surface area contributed by atoms with Crippen molar-refractivity contribution in [1.29, 1.82) is 0 Å². The van der Waals surface area contributed by atoms with E-state index in [0.29, 0.717) is 6.04 Å². The van der Waals surface area contributed by atoms with Crippen LogP contribution in [-0.2, 0) is 4.79 Å². The fourth-order valence-corrected chi connectivity index (χ4v) is 2.61. The maximum Gasteiger partial charge on any atom is 0.325 e. The van der Waals surface area contributed by atoms with Gasteiger partial charge in [-0.15, -0.1) is 0 Å². The zero-order valence-corrected chi connectivity index (χ0v) is 10.7. The van der Waals surface area contributed by atoms with Gasteiger partial charge in [0.1, 0.15) is 6.04 Å². The molecule has 1 atom stereocenters. The number of nitrogens with zero attached hydrogens (tertiary/aromatic N) is 1. The molecule has 98 valence electrons. The lowest BCUT2D eigenvalue weighted by molar-refractivity contribution is -0.144. The molecule has 0 saturated carbocycles. The van der Waals surface area contributed by atoms with Gasteiger partial charge < -0.3 is 10.4 Å². The largest absolute Gasteiger partial charge is 0.480 e. The third kappa shape index (κ3) is 2.89. The Morgan fingerprint density at radius 2 is 1.94 bits per heavy atom. The lowest BCUT2D eigenvalue weighted by Crippen LogP contribution is -2.44. The van der Waals surface area contributed by atoms with E-state index in [4.69, 9.17) is 0 Å². The number of hydrogen-bond donors (Lipinski definition) is 2. The Morgan fingerprint density at radius 1 is 1.33 bits per heavy atom. The Bertz CT molecular complexity index is 388. The topological polar surface area (TPSA) is 52.6 Å². The average Bonchev–Trinajstić information content (AvgIpc) is 2.40. The van der Waals surface area contributed by atoms with E-state index >= 15 is 0 Å². The summed E-state index contributed by atoms with van der Waals surface area (Å²) in [6, 6.07) is 9.25. The lowest BCUT2D eigenvalue weighted by atomic mass is 9.99. The Labute approximate surface area is 108 Å². The Kier molecular flexibility index (Phi) is 4.33. The first kappa shape index (κ1) is 13.1. The summed E-state index contributed by atoms with van der Waals surface area (Å²) in [7, 11) is 1.92. The Morgan fingerprint density at radius 3 is 2.50 bits per heavy atom. The van der Waals surface area contributed by atoms with E-state index in [1.807, 2.05) is 42.3 Å². The van der Waals surface area contributed by atoms with Gasteiger partial charge in [-0.05, 0) is 38.5 Å². The van der Waals surface area contributed by atoms with Gasteiger partial charge in [-0.3, -0.25) is 9.69 Å². The minimum absolute atomic E-state index is 0.340. The van der Waals surface area contributed by atoms with Crippen molar-refractivity contribution in [2.75, 3.05) is 20.1 Å². The molecule has 4 nitrogen and oxygen atoms in total. The van der Waals surface area contributed by atoms with Crippen molar-refractivity contribution in [2.45, 2.75) is 24.9 Å². The number of carboxylic acids is 1. The van der Waals surface area contributed by atoms with Crippen molar-refractivity contribution in [1.82, 2.24) is 10.2 Å². The molecule has 1 saturated heterocycles. The van der Waals surface area contributed by atoms with Crippen LogP contribution in [-0.4, -0.2) is 42.2 Å². The van der Waals surface area contributed by atoms with Crippen LogP contribution in [0.4, 0.5) is 0 Å². The molecule has 18 heavy (non-hydrogen) atoms. The number of piperidine rings is 1. The number of rotatable bonds is 4. The van der Waals surface area contributed by atoms with Crippen LogP contribution in [0.5, 0.6) is 0 Å². The van der Waals surface area contributed by atoms with Crippen LogP contribution < -0.4 is 5.32 Å². The maximum absolute atomic E-state index is 11.5. The number of benzene rings is 1. The third-order valence-corrected chi connectivity index (χ3v) is 3.64. The highest BCUT2D eigenvalue weighted by atomic mass is 16.4. The van der Waals surface area contributed by atoms with Gasteiger partial charge in [0.2, 0.25) is 0 Å². The number of nitrogens with one attached hydrogen (secondary N) is 1. The quantitative estimate of drug-likeness (QED) is 0.848. The molecule has 1 heterocycles. The summed E-state index contributed by atoms with van der Waals surface area (Å²) >= 11 is 0. The van der Waals surface area contributed by atoms with E-state index in [1.54, 1.807) is 0 Å². The highest BCUT2D eigenvalue weighted by molar-refractivity contribution is 5.75. The van der Waals surface area contributed by atoms with Gasteiger partial charge in [0, 0.05) is 6.04 Å². The second kappa shape index (κ2) is 5.98. The summed E-state index contributed by atoms with van der Waals surface area (Å²) in [5.41, 5.74) is 0.853. The molecular formula is C14H20N2O2. The molecule has 0 radical (unpaired) electrons. The Balaban J connectivity index is 2.17. The van der Waals surface area contributed by atoms with E-state index < -0.39 is 12.0 Å². The molecule has 0 spiro atoms. The molecule has 1 aromatic rings. The monoisotopic (exact) mass is 248 g/mol. The lowest BCUT2D eigenvalue weighted by Gasteiger charge is -2.35. The van der Waals surface area contributed by atoms with Gasteiger partial charge in [0.25, 0.3) is 0 Å². The van der Waals surface area contributed by atoms with Crippen LogP contribution in [0.25, 0.3) is 0 Å². The van der Waals surface area contributed by atoms with Gasteiger partial charge in [-0.1, -0.05) is 30.3 Å². The summed E-state index contributed by atoms with van der Waals surface area (Å²) in [5.74, 6) is -0.776. The number of carbonyl (C=O) groups is 1. The summed E-state index contributed by atoms with van der Waals surface area (Å²) in [4.78, 5) is 13.5. The minimum Gasteiger partial charge on any atom is -0.480 e. The SMILES string of the molecule is CN(C1CCNCC1)C(C(=O)O)c1ccccc1. The maximum atomic E-state index is 11.5. The van der Waals surface area contributed by atoms with Gasteiger partial charge in [-0.25, -0.2) is 0 Å². The van der Waals surface area contributed by atoms with Gasteiger partial charge in [0.15, 0.2) is 0 Å². The van der Waals surface area contributed by atoms with E-state index in [2.05, 4.69) is 5.32 Å². The van der Waals surface area contributed by atoms with E-state index in [9.17, 15) is 9.90 Å². The highest BCUT2D eigenvalue weighted by Crippen LogP contribution is 2.24. The first-order valence-corrected chi connectivity index (χ1v) is 6.40. The molecular weight excluding hydrogens is 228 g/mol. The molecule has 1 aliphatic rings. The van der Waals surface area contributed by atoms with Gasteiger partial charge in [-0.2, -0.15) is 0 Å². The highest BCUT2D eigenvalue weighted by Gasteiger charge is 2.30. The first-order valence-electron chi connectivity index (χ1n) is 6.40. The van der Waals surface area contributed by atoms with Gasteiger partial charge >= 0.3 is 5.97 Å². The van der Waals surface area contributed by atoms with Crippen LogP contribution in [0.15, 0.2) is 30.3 Å². The third-order valence-electron chi connectivity index (χ3n) is 3.64. The van der Waals surface area contributed by atoms with Crippen molar-refractivity contribution in [3.05, 3.63) is 35.9 Å². The molecule has 0 amide bonds. The van der Waals surface area contributed by atoms with E-state index in [0.717, 1.165) is 31.5 Å². The molecule has 1 unspecified atom stereocenters. The second-order valence-corrected chi connectivity index (χ2v) is 4.80. The van der Waals surface area contributed by atoms with E-state index in [-0.39, 0.29) is 0 Å². The molecule has 0 aliphatic carbocycles. The average molecular weight is 248 g/mol. The molecule has 0 aromatic heterocycles. The van der Waals surface area contributed by atoms with Gasteiger partial charge in [0.05, 0.1) is 0 Å². The summed E-state index contributed by atoms with van der Waals surface area (Å²) in [6.45, 7) is 1.94. The molecule has 1 aliphatic heterocycles. The van der Waals surface area contributed by atoms with Crippen LogP contribution in [0.2, 0.25) is 0 Å². The minimum atomic E-state index is -0.776. The fraction of sp³-hybridized carbons (Fsp3) is 0.500. The van der Waals surface area contributed by atoms with Crippen LogP contribution in [0.3, 0.4) is 0 Å². The zero-order chi connectivity index (χ0) is 13.0. The first-order chi connectivity index (χ1) is 8.70. The predicted octanol–water partition coefficient (Wildman–Crippen LogP) is 1.50. The summed E-state index contributed by atoms with van der Waals surface area (Å²) in [6.07, 6.45) is 2.01. The Hall–Kier alpha value is -1.39. The smallest absolute Gasteiger partial charge is 0.325 e. The zero-order valence-electron chi connectivity index (χ0n) is 10.7. The van der Waals surface area contributed by atoms with E-state index in [1.165, 1.54) is 0 Å². The summed E-state index contributed by atoms with van der Waals surface area (Å²) < 4.78 is 0. The van der Waals surface area contributed by atoms with Crippen molar-refractivity contribution in [3.8, 4) is 0 Å². The second-order valence-electron chi connectivity index (χ2n) is 4.80. The van der Waals surface area contributed by atoms with Crippen molar-refractivity contribution in [3.63, 3.8) is 0 Å². The number of hydrogen-bond acceptors (Lipinski definition) is 3. The van der Waals surface area contributed by atoms with Crippen LogP contribution in [0, 0.1) is 0 Å². The number of aliphatic carboxylic acids is 1. The molecule has 4 heteroatoms. The van der Waals surface area contributed by atoms with Crippen LogP contribution >= 0.6 is 0 Å². The normalized spacial score (nSPS) is 18.8. The molecule has 1 fully saturated rings. The number of carboxylic acid groups (broad SMARTS) is 1. The van der Waals surface area contributed by atoms with Crippen molar-refractivity contribution >= 4 is 5.97 Å². The molecule has 1 aromatic carbocycles. The fourth-order valence-electron chi connectivity index (χ4n) is 2.61. The standard InChI is InChI=1S/C14H20N2O2/c1-16(12-7-9-15-10-8-12)13(14(17)18)11-5-3-2-4-6-11/h2-6,12-13,15H,7-10H2,1H3,(H,17,18). The summed E-state index contributed by atoms with van der Waals surface area (Å²) in [5, 5.41) is 12.8. The number of likely N-dealkylation sites (N-methyl/N-ethyl adjacent to an activating group) is 1. The van der Waals surface area contributed by atoms with Crippen molar-refractivity contribution < 1.29 is 9.90 Å². The molecule has 2 rings (SSSR count).